The van der Waals surface area contributed by atoms with Crippen molar-refractivity contribution in [3.05, 3.63) is 102 Å². The molecule has 5 atom stereocenters. The number of rotatable bonds is 5. The minimum absolute atomic E-state index is 0.0754. The zero-order valence-electron chi connectivity index (χ0n) is 19.3. The third kappa shape index (κ3) is 3.81. The van der Waals surface area contributed by atoms with E-state index in [4.69, 9.17) is 0 Å². The zero-order valence-corrected chi connectivity index (χ0v) is 21.0. The molecule has 0 aromatic heterocycles. The van der Waals surface area contributed by atoms with Crippen LogP contribution in [-0.4, -0.2) is 48.0 Å². The Morgan fingerprint density at radius 1 is 0.912 bits per heavy atom. The Kier molecular flexibility index (Phi) is 5.80. The van der Waals surface area contributed by atoms with Crippen molar-refractivity contribution in [2.45, 2.75) is 48.2 Å². The maximum absolute atomic E-state index is 13.9. The highest BCUT2D eigenvalue weighted by molar-refractivity contribution is 7.99. The summed E-state index contributed by atoms with van der Waals surface area (Å²) in [7, 11) is -3.58. The van der Waals surface area contributed by atoms with Crippen molar-refractivity contribution in [3.8, 4) is 0 Å². The largest absolute Gasteiger partial charge is 0.279 e. The molecule has 3 aliphatic heterocycles. The standard InChI is InChI=1S/C28H30N2O2S2/c1-20-12-14-25(15-13-20)34(31,32)29-18-23-17-24-19-33-28(22-10-6-3-7-11-22)30(24)27(23)26(29)16-21-8-4-2-5-9-21/h2-15,23-24,26-28H,16-19H2,1H3/t23-,24?,26+,27-,28+/m1/s1. The highest BCUT2D eigenvalue weighted by atomic mass is 32.2. The van der Waals surface area contributed by atoms with E-state index in [1.54, 1.807) is 12.1 Å². The van der Waals surface area contributed by atoms with Gasteiger partial charge >= 0.3 is 0 Å². The van der Waals surface area contributed by atoms with Gasteiger partial charge in [-0.05, 0) is 48.9 Å². The molecule has 0 aliphatic carbocycles. The predicted molar refractivity (Wildman–Crippen MR) is 138 cm³/mol. The van der Waals surface area contributed by atoms with Crippen molar-refractivity contribution >= 4 is 21.8 Å². The van der Waals surface area contributed by atoms with Crippen LogP contribution < -0.4 is 0 Å². The number of aryl methyl sites for hydroxylation is 1. The molecule has 1 unspecified atom stereocenters. The first-order chi connectivity index (χ1) is 16.5. The molecule has 3 fully saturated rings. The van der Waals surface area contributed by atoms with Gasteiger partial charge in [-0.3, -0.25) is 4.90 Å². The first kappa shape index (κ1) is 22.4. The quantitative estimate of drug-likeness (QED) is 0.498. The van der Waals surface area contributed by atoms with Crippen LogP contribution in [-0.2, 0) is 16.4 Å². The summed E-state index contributed by atoms with van der Waals surface area (Å²) in [6.07, 6.45) is 1.81. The summed E-state index contributed by atoms with van der Waals surface area (Å²) in [5.41, 5.74) is 3.60. The van der Waals surface area contributed by atoms with Gasteiger partial charge in [-0.15, -0.1) is 11.8 Å². The Balaban J connectivity index is 1.39. The van der Waals surface area contributed by atoms with Crippen LogP contribution in [0.3, 0.4) is 0 Å². The van der Waals surface area contributed by atoms with Crippen molar-refractivity contribution in [1.82, 2.24) is 9.21 Å². The zero-order chi connectivity index (χ0) is 23.3. The van der Waals surface area contributed by atoms with Gasteiger partial charge in [0.1, 0.15) is 0 Å². The van der Waals surface area contributed by atoms with Crippen LogP contribution in [0.15, 0.2) is 89.8 Å². The number of nitrogens with zero attached hydrogens (tertiary/aromatic N) is 2. The lowest BCUT2D eigenvalue weighted by molar-refractivity contribution is 0.160. The Morgan fingerprint density at radius 2 is 1.59 bits per heavy atom. The van der Waals surface area contributed by atoms with E-state index in [-0.39, 0.29) is 12.1 Å². The van der Waals surface area contributed by atoms with Gasteiger partial charge in [-0.1, -0.05) is 78.4 Å². The molecule has 4 nitrogen and oxygen atoms in total. The van der Waals surface area contributed by atoms with Gasteiger partial charge in [0.05, 0.1) is 10.3 Å². The molecule has 0 saturated carbocycles. The Hall–Kier alpha value is -2.12. The van der Waals surface area contributed by atoms with Crippen LogP contribution in [0.2, 0.25) is 0 Å². The summed E-state index contributed by atoms with van der Waals surface area (Å²) >= 11 is 2.01. The van der Waals surface area contributed by atoms with E-state index in [1.165, 1.54) is 11.1 Å². The maximum Gasteiger partial charge on any atom is 0.243 e. The fourth-order valence-corrected chi connectivity index (χ4v) is 9.45. The molecule has 3 aromatic rings. The van der Waals surface area contributed by atoms with Crippen LogP contribution in [0.4, 0.5) is 0 Å². The van der Waals surface area contributed by atoms with Gasteiger partial charge < -0.3 is 0 Å². The molecule has 0 spiro atoms. The fourth-order valence-electron chi connectivity index (χ4n) is 6.21. The van der Waals surface area contributed by atoms with Crippen molar-refractivity contribution in [1.29, 1.82) is 0 Å². The molecule has 34 heavy (non-hydrogen) atoms. The number of thioether (sulfide) groups is 1. The molecule has 0 radical (unpaired) electrons. The lowest BCUT2D eigenvalue weighted by atomic mass is 9.94. The van der Waals surface area contributed by atoms with Crippen molar-refractivity contribution in [3.63, 3.8) is 0 Å². The second kappa shape index (κ2) is 8.83. The smallest absolute Gasteiger partial charge is 0.243 e. The third-order valence-corrected chi connectivity index (χ3v) is 11.0. The lowest BCUT2D eigenvalue weighted by Gasteiger charge is -2.36. The molecular formula is C28H30N2O2S2. The van der Waals surface area contributed by atoms with Crippen LogP contribution in [0.1, 0.15) is 28.5 Å². The van der Waals surface area contributed by atoms with E-state index in [0.717, 1.165) is 24.2 Å². The summed E-state index contributed by atoms with van der Waals surface area (Å²) in [6, 6.07) is 29.1. The van der Waals surface area contributed by atoms with Gasteiger partial charge in [0.2, 0.25) is 10.0 Å². The van der Waals surface area contributed by atoms with E-state index in [1.807, 2.05) is 41.2 Å². The average Bonchev–Trinajstić information content (AvgIpc) is 3.51. The first-order valence-corrected chi connectivity index (χ1v) is 14.6. The number of hydrogen-bond acceptors (Lipinski definition) is 4. The predicted octanol–water partition coefficient (Wildman–Crippen LogP) is 5.12. The number of sulfonamides is 1. The topological polar surface area (TPSA) is 40.6 Å². The Labute approximate surface area is 207 Å². The first-order valence-electron chi connectivity index (χ1n) is 12.1. The molecule has 3 saturated heterocycles. The van der Waals surface area contributed by atoms with E-state index >= 15 is 0 Å². The van der Waals surface area contributed by atoms with Gasteiger partial charge in [-0.25, -0.2) is 8.42 Å². The van der Waals surface area contributed by atoms with Crippen molar-refractivity contribution in [2.75, 3.05) is 12.3 Å². The molecule has 0 N–H and O–H groups in total. The summed E-state index contributed by atoms with van der Waals surface area (Å²) in [6.45, 7) is 2.60. The average molecular weight is 491 g/mol. The Bertz CT molecular complexity index is 1250. The lowest BCUT2D eigenvalue weighted by Crippen LogP contribution is -2.48. The Morgan fingerprint density at radius 3 is 2.29 bits per heavy atom. The van der Waals surface area contributed by atoms with Gasteiger partial charge in [0.25, 0.3) is 0 Å². The molecule has 176 valence electrons. The number of benzene rings is 3. The van der Waals surface area contributed by atoms with Gasteiger partial charge in [0.15, 0.2) is 0 Å². The number of fused-ring (bicyclic) bond motifs is 3. The normalized spacial score (nSPS) is 29.3. The monoisotopic (exact) mass is 490 g/mol. The summed E-state index contributed by atoms with van der Waals surface area (Å²) in [5, 5.41) is 0.293. The van der Waals surface area contributed by atoms with E-state index < -0.39 is 10.0 Å². The maximum atomic E-state index is 13.9. The van der Waals surface area contributed by atoms with Crippen LogP contribution >= 0.6 is 11.8 Å². The van der Waals surface area contributed by atoms with Gasteiger partial charge in [0, 0.05) is 30.4 Å². The SMILES string of the molecule is Cc1ccc(S(=O)(=O)N2C[C@H]3CC4CS[C@@H](c5ccccc5)N4[C@H]3[C@@H]2Cc2ccccc2)cc1. The number of hydrogen-bond donors (Lipinski definition) is 0. The molecule has 6 heteroatoms. The molecule has 6 rings (SSSR count). The van der Waals surface area contributed by atoms with E-state index in [0.29, 0.717) is 28.8 Å². The molecular weight excluding hydrogens is 460 g/mol. The fraction of sp³-hybridized carbons (Fsp3) is 0.357. The van der Waals surface area contributed by atoms with E-state index in [2.05, 4.69) is 59.5 Å². The molecule has 0 bridgehead atoms. The molecule has 3 heterocycles. The molecule has 3 aromatic carbocycles. The second-order valence-electron chi connectivity index (χ2n) is 9.83. The summed E-state index contributed by atoms with van der Waals surface area (Å²) < 4.78 is 29.7. The summed E-state index contributed by atoms with van der Waals surface area (Å²) in [5.74, 6) is 1.49. The highest BCUT2D eigenvalue weighted by Crippen LogP contribution is 2.54. The van der Waals surface area contributed by atoms with Crippen LogP contribution in [0.5, 0.6) is 0 Å². The highest BCUT2D eigenvalue weighted by Gasteiger charge is 2.58. The van der Waals surface area contributed by atoms with Crippen molar-refractivity contribution in [2.24, 2.45) is 5.92 Å². The minimum Gasteiger partial charge on any atom is -0.279 e. The van der Waals surface area contributed by atoms with Gasteiger partial charge in [-0.2, -0.15) is 4.31 Å². The third-order valence-electron chi connectivity index (χ3n) is 7.72. The summed E-state index contributed by atoms with van der Waals surface area (Å²) in [4.78, 5) is 3.08. The minimum atomic E-state index is -3.58. The van der Waals surface area contributed by atoms with E-state index in [9.17, 15) is 8.42 Å². The van der Waals surface area contributed by atoms with Crippen LogP contribution in [0.25, 0.3) is 0 Å². The van der Waals surface area contributed by atoms with Crippen molar-refractivity contribution < 1.29 is 8.42 Å². The molecule has 0 amide bonds. The van der Waals surface area contributed by atoms with Crippen LogP contribution in [0, 0.1) is 12.8 Å². The second-order valence-corrected chi connectivity index (χ2v) is 12.8. The molecule has 3 aliphatic rings.